The molecule has 0 radical (unpaired) electrons. The van der Waals surface area contributed by atoms with E-state index in [-0.39, 0.29) is 38.5 Å². The van der Waals surface area contributed by atoms with Gasteiger partial charge in [0, 0.05) is 12.1 Å². The lowest BCUT2D eigenvalue weighted by Crippen LogP contribution is -2.09. The van der Waals surface area contributed by atoms with Crippen molar-refractivity contribution in [2.75, 3.05) is 0 Å². The molecule has 0 N–H and O–H groups in total. The smallest absolute Gasteiger partial charge is 0.343 e. The van der Waals surface area contributed by atoms with Crippen LogP contribution in [0.25, 0.3) is 11.0 Å². The van der Waals surface area contributed by atoms with Crippen molar-refractivity contribution in [1.29, 1.82) is 0 Å². The molecule has 166 valence electrons. The average molecular weight is 466 g/mol. The number of halogens is 1. The molecule has 0 unspecified atom stereocenters. The molecule has 33 heavy (non-hydrogen) atoms. The number of ether oxygens (including phenoxy) is 2. The first-order chi connectivity index (χ1) is 15.9. The summed E-state index contributed by atoms with van der Waals surface area (Å²) in [4.78, 5) is 35.5. The van der Waals surface area contributed by atoms with Crippen LogP contribution in [0.1, 0.15) is 22.8 Å². The number of carbonyl (C=O) groups is 1. The lowest BCUT2D eigenvalue weighted by Gasteiger charge is -2.08. The number of carbonyl (C=O) groups excluding carboxylic acids is 1. The van der Waals surface area contributed by atoms with E-state index in [9.17, 15) is 19.7 Å². The molecule has 8 nitrogen and oxygen atoms in total. The average Bonchev–Trinajstić information content (AvgIpc) is 2.81. The summed E-state index contributed by atoms with van der Waals surface area (Å²) in [6.45, 7) is 2.04. The minimum absolute atomic E-state index is 0.0185. The molecular weight excluding hydrogens is 450 g/mol. The molecule has 1 aromatic heterocycles. The number of aryl methyl sites for hydroxylation is 1. The van der Waals surface area contributed by atoms with Crippen LogP contribution < -0.4 is 14.9 Å². The van der Waals surface area contributed by atoms with E-state index in [4.69, 9.17) is 25.5 Å². The van der Waals surface area contributed by atoms with E-state index in [1.165, 1.54) is 36.6 Å². The third-order valence-electron chi connectivity index (χ3n) is 4.86. The normalized spacial score (nSPS) is 10.7. The van der Waals surface area contributed by atoms with Crippen molar-refractivity contribution in [2.24, 2.45) is 0 Å². The number of nitrogens with zero attached hydrogens (tertiary/aromatic N) is 1. The first-order valence-electron chi connectivity index (χ1n) is 9.84. The molecule has 4 aromatic rings. The van der Waals surface area contributed by atoms with Crippen LogP contribution in [0.2, 0.25) is 5.02 Å². The molecule has 0 aliphatic heterocycles. The van der Waals surface area contributed by atoms with E-state index >= 15 is 0 Å². The van der Waals surface area contributed by atoms with E-state index in [0.29, 0.717) is 5.75 Å². The van der Waals surface area contributed by atoms with Gasteiger partial charge in [-0.2, -0.15) is 0 Å². The van der Waals surface area contributed by atoms with Gasteiger partial charge in [-0.05, 0) is 48.4 Å². The third-order valence-corrected chi connectivity index (χ3v) is 5.18. The van der Waals surface area contributed by atoms with Crippen LogP contribution in [-0.2, 0) is 6.42 Å². The van der Waals surface area contributed by atoms with Crippen molar-refractivity contribution < 1.29 is 23.6 Å². The van der Waals surface area contributed by atoms with Gasteiger partial charge < -0.3 is 13.9 Å². The van der Waals surface area contributed by atoms with E-state index in [1.54, 1.807) is 12.1 Å². The van der Waals surface area contributed by atoms with Gasteiger partial charge in [0.05, 0.1) is 15.9 Å². The molecule has 0 amide bonds. The topological polar surface area (TPSA) is 109 Å². The molecular formula is C24H16ClNO7. The number of esters is 1. The van der Waals surface area contributed by atoms with E-state index in [2.05, 4.69) is 0 Å². The van der Waals surface area contributed by atoms with Gasteiger partial charge in [-0.1, -0.05) is 30.7 Å². The first kappa shape index (κ1) is 22.0. The highest BCUT2D eigenvalue weighted by Crippen LogP contribution is 2.27. The molecule has 0 aliphatic carbocycles. The Morgan fingerprint density at radius 3 is 2.48 bits per heavy atom. The number of hydrogen-bond donors (Lipinski definition) is 0. The Hall–Kier alpha value is -4.17. The number of nitro groups is 1. The zero-order chi connectivity index (χ0) is 23.5. The third kappa shape index (κ3) is 4.70. The Kier molecular flexibility index (Phi) is 6.10. The Morgan fingerprint density at radius 1 is 1.06 bits per heavy atom. The molecule has 1 heterocycles. The molecule has 3 aromatic carbocycles. The lowest BCUT2D eigenvalue weighted by molar-refractivity contribution is -0.384. The molecule has 0 fully saturated rings. The van der Waals surface area contributed by atoms with Crippen LogP contribution in [0, 0.1) is 10.1 Å². The molecule has 0 atom stereocenters. The van der Waals surface area contributed by atoms with Crippen molar-refractivity contribution in [2.45, 2.75) is 13.3 Å². The predicted octanol–water partition coefficient (Wildman–Crippen LogP) is 5.93. The highest BCUT2D eigenvalue weighted by Gasteiger charge is 2.18. The molecule has 0 bridgehead atoms. The SMILES string of the molecule is CCc1ccc(Oc2coc3cc(OC(=O)c4ccc(Cl)c([N+](=O)[O-])c4)ccc3c2=O)cc1. The van der Waals surface area contributed by atoms with Crippen LogP contribution in [0.15, 0.2) is 76.1 Å². The van der Waals surface area contributed by atoms with E-state index in [1.807, 2.05) is 19.1 Å². The zero-order valence-corrected chi connectivity index (χ0v) is 18.0. The van der Waals surface area contributed by atoms with Crippen molar-refractivity contribution in [1.82, 2.24) is 0 Å². The van der Waals surface area contributed by atoms with Gasteiger partial charge in [-0.3, -0.25) is 14.9 Å². The zero-order valence-electron chi connectivity index (χ0n) is 17.2. The number of nitro benzene ring substituents is 1. The molecule has 0 aliphatic rings. The summed E-state index contributed by atoms with van der Waals surface area (Å²) in [6, 6.07) is 15.2. The standard InChI is InChI=1S/C24H16ClNO7/c1-2-14-3-6-16(7-4-14)32-22-13-31-21-12-17(8-9-18(21)23(22)27)33-24(28)15-5-10-19(25)20(11-15)26(29)30/h3-13H,2H2,1H3. The fraction of sp³-hybridized carbons (Fsp3) is 0.0833. The van der Waals surface area contributed by atoms with Crippen LogP contribution in [0.5, 0.6) is 17.2 Å². The van der Waals surface area contributed by atoms with Gasteiger partial charge >= 0.3 is 5.97 Å². The predicted molar refractivity (Wildman–Crippen MR) is 121 cm³/mol. The molecule has 0 saturated carbocycles. The quantitative estimate of drug-likeness (QED) is 0.150. The van der Waals surface area contributed by atoms with Gasteiger partial charge in [0.15, 0.2) is 0 Å². The first-order valence-corrected chi connectivity index (χ1v) is 10.2. The van der Waals surface area contributed by atoms with Gasteiger partial charge in [0.25, 0.3) is 5.69 Å². The summed E-state index contributed by atoms with van der Waals surface area (Å²) in [7, 11) is 0. The maximum atomic E-state index is 12.8. The largest absolute Gasteiger partial charge is 0.460 e. The fourth-order valence-corrected chi connectivity index (χ4v) is 3.28. The maximum Gasteiger partial charge on any atom is 0.343 e. The highest BCUT2D eigenvalue weighted by atomic mass is 35.5. The van der Waals surface area contributed by atoms with E-state index in [0.717, 1.165) is 18.1 Å². The maximum absolute atomic E-state index is 12.8. The van der Waals surface area contributed by atoms with Crippen LogP contribution >= 0.6 is 11.6 Å². The van der Waals surface area contributed by atoms with Crippen molar-refractivity contribution in [3.63, 3.8) is 0 Å². The number of hydrogen-bond acceptors (Lipinski definition) is 7. The Morgan fingerprint density at radius 2 is 1.79 bits per heavy atom. The van der Waals surface area contributed by atoms with Gasteiger partial charge in [-0.15, -0.1) is 0 Å². The minimum atomic E-state index is -0.827. The van der Waals surface area contributed by atoms with Crippen molar-refractivity contribution in [3.8, 4) is 17.2 Å². The lowest BCUT2D eigenvalue weighted by atomic mass is 10.2. The van der Waals surface area contributed by atoms with Crippen LogP contribution in [-0.4, -0.2) is 10.9 Å². The number of rotatable bonds is 6. The number of fused-ring (bicyclic) bond motifs is 1. The molecule has 0 saturated heterocycles. The van der Waals surface area contributed by atoms with Gasteiger partial charge in [0.1, 0.15) is 28.4 Å². The van der Waals surface area contributed by atoms with Gasteiger partial charge in [0.2, 0.25) is 11.2 Å². The summed E-state index contributed by atoms with van der Waals surface area (Å²) < 4.78 is 16.4. The monoisotopic (exact) mass is 465 g/mol. The summed E-state index contributed by atoms with van der Waals surface area (Å²) >= 11 is 5.77. The van der Waals surface area contributed by atoms with Crippen molar-refractivity contribution >= 4 is 34.2 Å². The highest BCUT2D eigenvalue weighted by molar-refractivity contribution is 6.32. The molecule has 9 heteroatoms. The summed E-state index contributed by atoms with van der Waals surface area (Å²) in [5.41, 5.74) is 0.476. The summed E-state index contributed by atoms with van der Waals surface area (Å²) in [5.74, 6) is -0.213. The summed E-state index contributed by atoms with van der Waals surface area (Å²) in [6.07, 6.45) is 2.08. The second-order valence-electron chi connectivity index (χ2n) is 7.00. The Bertz CT molecular complexity index is 1430. The van der Waals surface area contributed by atoms with Crippen molar-refractivity contribution in [3.05, 3.63) is 103 Å². The second-order valence-corrected chi connectivity index (χ2v) is 7.41. The fourth-order valence-electron chi connectivity index (χ4n) is 3.09. The van der Waals surface area contributed by atoms with Gasteiger partial charge in [-0.25, -0.2) is 4.79 Å². The Labute approximate surface area is 192 Å². The Balaban J connectivity index is 1.56. The van der Waals surface area contributed by atoms with Crippen LogP contribution in [0.3, 0.4) is 0 Å². The van der Waals surface area contributed by atoms with E-state index < -0.39 is 16.6 Å². The minimum Gasteiger partial charge on any atom is -0.460 e. The molecule has 4 rings (SSSR count). The molecule has 0 spiro atoms. The second kappa shape index (κ2) is 9.13. The number of benzene rings is 3. The summed E-state index contributed by atoms with van der Waals surface area (Å²) in [5, 5.41) is 11.2. The van der Waals surface area contributed by atoms with Crippen LogP contribution in [0.4, 0.5) is 5.69 Å².